The number of benzene rings is 8. The van der Waals surface area contributed by atoms with E-state index in [1.165, 1.54) is 0 Å². The molecule has 2 heterocycles. The Hall–Kier alpha value is -7.82. The van der Waals surface area contributed by atoms with Crippen LogP contribution in [0.4, 0.5) is 0 Å². The van der Waals surface area contributed by atoms with Crippen LogP contribution in [0.25, 0.3) is 79.2 Å². The first-order chi connectivity index (χ1) is 28.8. The molecular weight excluding hydrogens is 705 g/mol. The van der Waals surface area contributed by atoms with Crippen molar-refractivity contribution in [2.45, 2.75) is 0 Å². The first-order valence-electron chi connectivity index (χ1n) is 19.5. The van der Waals surface area contributed by atoms with Gasteiger partial charge >= 0.3 is 0 Å². The van der Waals surface area contributed by atoms with E-state index in [1.807, 2.05) is 48.5 Å². The highest BCUT2D eigenvalue weighted by Crippen LogP contribution is 2.40. The summed E-state index contributed by atoms with van der Waals surface area (Å²) in [6.07, 6.45) is 0. The van der Waals surface area contributed by atoms with Gasteiger partial charge in [-0.05, 0) is 24.3 Å². The van der Waals surface area contributed by atoms with Crippen molar-refractivity contribution in [2.75, 3.05) is 0 Å². The van der Waals surface area contributed by atoms with Gasteiger partial charge in [0.05, 0.1) is 22.8 Å². The van der Waals surface area contributed by atoms with Gasteiger partial charge in [-0.3, -0.25) is 9.13 Å². The lowest BCUT2D eigenvalue weighted by Crippen LogP contribution is -2.00. The second kappa shape index (κ2) is 16.9. The van der Waals surface area contributed by atoms with Crippen LogP contribution in [-0.2, 0) is 0 Å². The van der Waals surface area contributed by atoms with Crippen LogP contribution in [0.3, 0.4) is 0 Å². The van der Waals surface area contributed by atoms with Crippen molar-refractivity contribution in [3.8, 4) is 79.2 Å². The van der Waals surface area contributed by atoms with Gasteiger partial charge < -0.3 is 0 Å². The Labute approximate surface area is 339 Å². The minimum atomic E-state index is 0.939. The molecule has 0 aliphatic heterocycles. The molecule has 10 aromatic rings. The van der Waals surface area contributed by atoms with Crippen LogP contribution in [0.15, 0.2) is 243 Å². The third-order valence-electron chi connectivity index (χ3n) is 10.0. The van der Waals surface area contributed by atoms with Crippen molar-refractivity contribution in [1.29, 1.82) is 0 Å². The van der Waals surface area contributed by atoms with Crippen molar-refractivity contribution in [3.05, 3.63) is 243 Å². The highest BCUT2D eigenvalue weighted by atomic mass is 15.1. The minimum Gasteiger partial charge on any atom is -0.292 e. The summed E-state index contributed by atoms with van der Waals surface area (Å²) in [5.74, 6) is 1.88. The Balaban J connectivity index is 0.000000150. The maximum Gasteiger partial charge on any atom is 0.145 e. The van der Waals surface area contributed by atoms with Crippen LogP contribution in [0.5, 0.6) is 0 Å². The van der Waals surface area contributed by atoms with Gasteiger partial charge in [-0.15, -0.1) is 0 Å². The van der Waals surface area contributed by atoms with Crippen molar-refractivity contribution < 1.29 is 0 Å². The zero-order valence-electron chi connectivity index (χ0n) is 31.9. The average molecular weight is 745 g/mol. The fraction of sp³-hybridized carbons (Fsp3) is 0. The number of hydrogen-bond donors (Lipinski definition) is 0. The number of para-hydroxylation sites is 2. The van der Waals surface area contributed by atoms with Gasteiger partial charge in [-0.2, -0.15) is 0 Å². The number of nitrogens with zero attached hydrogens (tertiary/aromatic N) is 4. The third-order valence-corrected chi connectivity index (χ3v) is 10.0. The van der Waals surface area contributed by atoms with Gasteiger partial charge in [-0.25, -0.2) is 9.97 Å². The van der Waals surface area contributed by atoms with Gasteiger partial charge in [0.15, 0.2) is 0 Å². The highest BCUT2D eigenvalue weighted by Gasteiger charge is 2.23. The summed E-state index contributed by atoms with van der Waals surface area (Å²) in [6, 6.07) is 83.5. The minimum absolute atomic E-state index is 0.939. The molecule has 4 nitrogen and oxygen atoms in total. The SMILES string of the molecule is c1ccc(-c2nc(-c3ccccc3)n(-c3ccccc3)c2-c2ccccc2)cc1.c1ccc(-c2nc(-c3ccccc3)n(-c3ccccc3)c2-c2ccccc2)cc1. The normalized spacial score (nSPS) is 10.8. The van der Waals surface area contributed by atoms with Crippen molar-refractivity contribution in [3.63, 3.8) is 0 Å². The second-order valence-electron chi connectivity index (χ2n) is 13.8. The Kier molecular flexibility index (Phi) is 10.5. The highest BCUT2D eigenvalue weighted by molar-refractivity contribution is 5.85. The zero-order valence-corrected chi connectivity index (χ0v) is 31.9. The standard InChI is InChI=1S/2C27H20N2/c2*1-5-13-21(14-6-1)25-26(22-15-7-2-8-16-22)29(24-19-11-4-12-20-24)27(28-25)23-17-9-3-10-18-23/h2*1-20H. The number of rotatable bonds is 8. The lowest BCUT2D eigenvalue weighted by Gasteiger charge is -2.13. The van der Waals surface area contributed by atoms with Crippen LogP contribution in [-0.4, -0.2) is 19.1 Å². The van der Waals surface area contributed by atoms with E-state index in [4.69, 9.17) is 9.97 Å². The molecule has 2 aromatic heterocycles. The summed E-state index contributed by atoms with van der Waals surface area (Å²) >= 11 is 0. The molecule has 0 saturated heterocycles. The van der Waals surface area contributed by atoms with Gasteiger partial charge in [0.2, 0.25) is 0 Å². The predicted octanol–water partition coefficient (Wildman–Crippen LogP) is 13.7. The van der Waals surface area contributed by atoms with Crippen LogP contribution in [0.2, 0.25) is 0 Å². The lowest BCUT2D eigenvalue weighted by molar-refractivity contribution is 1.07. The monoisotopic (exact) mass is 744 g/mol. The third kappa shape index (κ3) is 7.43. The molecule has 0 atom stereocenters. The van der Waals surface area contributed by atoms with Crippen LogP contribution >= 0.6 is 0 Å². The summed E-state index contributed by atoms with van der Waals surface area (Å²) in [4.78, 5) is 10.3. The Bertz CT molecular complexity index is 2420. The number of hydrogen-bond acceptors (Lipinski definition) is 2. The number of imidazole rings is 2. The van der Waals surface area contributed by atoms with Crippen LogP contribution in [0, 0.1) is 0 Å². The maximum absolute atomic E-state index is 5.17. The van der Waals surface area contributed by atoms with Crippen molar-refractivity contribution in [1.82, 2.24) is 19.1 Å². The van der Waals surface area contributed by atoms with E-state index in [0.717, 1.165) is 79.2 Å². The Morgan fingerprint density at radius 3 is 0.724 bits per heavy atom. The predicted molar refractivity (Wildman–Crippen MR) is 240 cm³/mol. The first kappa shape index (κ1) is 35.9. The van der Waals surface area contributed by atoms with E-state index in [1.54, 1.807) is 0 Å². The molecule has 0 bridgehead atoms. The molecule has 0 spiro atoms. The van der Waals surface area contributed by atoms with Gasteiger partial charge in [0.1, 0.15) is 11.6 Å². The summed E-state index contributed by atoms with van der Waals surface area (Å²) < 4.78 is 4.54. The molecule has 8 aromatic carbocycles. The summed E-state index contributed by atoms with van der Waals surface area (Å²) in [5.41, 5.74) is 13.1. The molecule has 276 valence electrons. The molecular formula is C54H40N4. The molecule has 0 radical (unpaired) electrons. The fourth-order valence-corrected chi connectivity index (χ4v) is 7.38. The molecule has 0 amide bonds. The van der Waals surface area contributed by atoms with Crippen LogP contribution < -0.4 is 0 Å². The molecule has 4 heteroatoms. The quantitative estimate of drug-likeness (QED) is 0.155. The molecule has 0 saturated carbocycles. The zero-order chi connectivity index (χ0) is 38.9. The average Bonchev–Trinajstić information content (AvgIpc) is 3.93. The van der Waals surface area contributed by atoms with E-state index in [-0.39, 0.29) is 0 Å². The largest absolute Gasteiger partial charge is 0.292 e. The van der Waals surface area contributed by atoms with E-state index < -0.39 is 0 Å². The maximum atomic E-state index is 5.17. The molecule has 0 unspecified atom stereocenters. The molecule has 0 fully saturated rings. The van der Waals surface area contributed by atoms with E-state index in [2.05, 4.69) is 203 Å². The van der Waals surface area contributed by atoms with Gasteiger partial charge in [-0.1, -0.05) is 218 Å². The summed E-state index contributed by atoms with van der Waals surface area (Å²) in [7, 11) is 0. The van der Waals surface area contributed by atoms with Gasteiger partial charge in [0.25, 0.3) is 0 Å². The molecule has 58 heavy (non-hydrogen) atoms. The molecule has 0 aliphatic carbocycles. The second-order valence-corrected chi connectivity index (χ2v) is 13.8. The summed E-state index contributed by atoms with van der Waals surface area (Å²) in [5, 5.41) is 0. The smallest absolute Gasteiger partial charge is 0.145 e. The first-order valence-corrected chi connectivity index (χ1v) is 19.5. The fourth-order valence-electron chi connectivity index (χ4n) is 7.38. The Morgan fingerprint density at radius 1 is 0.224 bits per heavy atom. The Morgan fingerprint density at radius 2 is 0.448 bits per heavy atom. The molecule has 10 rings (SSSR count). The van der Waals surface area contributed by atoms with E-state index in [9.17, 15) is 0 Å². The van der Waals surface area contributed by atoms with Crippen LogP contribution in [0.1, 0.15) is 0 Å². The van der Waals surface area contributed by atoms with E-state index in [0.29, 0.717) is 0 Å². The topological polar surface area (TPSA) is 35.6 Å². The number of aromatic nitrogens is 4. The van der Waals surface area contributed by atoms with Gasteiger partial charge in [0, 0.05) is 44.8 Å². The van der Waals surface area contributed by atoms with Crippen molar-refractivity contribution >= 4 is 0 Å². The summed E-state index contributed by atoms with van der Waals surface area (Å²) in [6.45, 7) is 0. The molecule has 0 aliphatic rings. The molecule has 0 N–H and O–H groups in total. The lowest BCUT2D eigenvalue weighted by atomic mass is 10.0. The van der Waals surface area contributed by atoms with E-state index >= 15 is 0 Å². The van der Waals surface area contributed by atoms with Crippen molar-refractivity contribution in [2.24, 2.45) is 0 Å².